The molecule has 1 aromatic heterocycles. The molecular weight excluding hydrogens is 446 g/mol. The van der Waals surface area contributed by atoms with E-state index in [2.05, 4.69) is 46.8 Å². The first kappa shape index (κ1) is 23.3. The van der Waals surface area contributed by atoms with E-state index in [0.29, 0.717) is 22.8 Å². The SMILES string of the molecule is CC(=O)Nc1ccc(NC(=O)c2ccc(-c3nc(CSc4ccc(C)cc4)c(C)o3)cc2)cc1. The van der Waals surface area contributed by atoms with Crippen molar-refractivity contribution in [2.45, 2.75) is 31.4 Å². The summed E-state index contributed by atoms with van der Waals surface area (Å²) < 4.78 is 5.89. The molecule has 0 unspecified atom stereocenters. The van der Waals surface area contributed by atoms with Crippen molar-refractivity contribution >= 4 is 35.0 Å². The molecule has 0 saturated heterocycles. The first-order valence-corrected chi connectivity index (χ1v) is 11.8. The minimum atomic E-state index is -0.224. The van der Waals surface area contributed by atoms with Crippen molar-refractivity contribution in [3.8, 4) is 11.5 Å². The minimum Gasteiger partial charge on any atom is -0.441 e. The predicted molar refractivity (Wildman–Crippen MR) is 136 cm³/mol. The highest BCUT2D eigenvalue weighted by molar-refractivity contribution is 7.98. The molecule has 0 bridgehead atoms. The summed E-state index contributed by atoms with van der Waals surface area (Å²) in [7, 11) is 0. The number of aryl methyl sites for hydroxylation is 2. The van der Waals surface area contributed by atoms with E-state index in [1.165, 1.54) is 17.4 Å². The van der Waals surface area contributed by atoms with E-state index in [4.69, 9.17) is 4.42 Å². The molecule has 0 atom stereocenters. The Hall–Kier alpha value is -3.84. The summed E-state index contributed by atoms with van der Waals surface area (Å²) in [6, 6.07) is 22.5. The Morgan fingerprint density at radius 3 is 2.09 bits per heavy atom. The molecule has 172 valence electrons. The average molecular weight is 472 g/mol. The first-order chi connectivity index (χ1) is 16.4. The van der Waals surface area contributed by atoms with Crippen molar-refractivity contribution < 1.29 is 14.0 Å². The van der Waals surface area contributed by atoms with Gasteiger partial charge in [0, 0.05) is 40.1 Å². The monoisotopic (exact) mass is 471 g/mol. The third kappa shape index (κ3) is 5.94. The fourth-order valence-electron chi connectivity index (χ4n) is 3.28. The smallest absolute Gasteiger partial charge is 0.255 e. The highest BCUT2D eigenvalue weighted by atomic mass is 32.2. The zero-order valence-electron chi connectivity index (χ0n) is 19.2. The molecule has 2 amide bonds. The van der Waals surface area contributed by atoms with Crippen molar-refractivity contribution in [2.24, 2.45) is 0 Å². The number of anilines is 2. The maximum Gasteiger partial charge on any atom is 0.255 e. The standard InChI is InChI=1S/C27H25N3O3S/c1-17-4-14-24(15-5-17)34-16-25-18(2)33-27(30-25)21-8-6-20(7-9-21)26(32)29-23-12-10-22(11-13-23)28-19(3)31/h4-15H,16H2,1-3H3,(H,28,31)(H,29,32). The summed E-state index contributed by atoms with van der Waals surface area (Å²) in [5.41, 5.74) is 4.79. The average Bonchev–Trinajstić information content (AvgIpc) is 3.20. The van der Waals surface area contributed by atoms with Gasteiger partial charge >= 0.3 is 0 Å². The zero-order chi connectivity index (χ0) is 24.1. The Labute approximate surface area is 202 Å². The number of nitrogens with one attached hydrogen (secondary N) is 2. The van der Waals surface area contributed by atoms with Crippen molar-refractivity contribution in [1.29, 1.82) is 0 Å². The second-order valence-corrected chi connectivity index (χ2v) is 8.96. The van der Waals surface area contributed by atoms with E-state index >= 15 is 0 Å². The molecule has 0 radical (unpaired) electrons. The molecule has 4 aromatic rings. The van der Waals surface area contributed by atoms with E-state index in [0.717, 1.165) is 22.8 Å². The van der Waals surface area contributed by atoms with Gasteiger partial charge in [-0.25, -0.2) is 4.98 Å². The molecular formula is C27H25N3O3S. The van der Waals surface area contributed by atoms with Gasteiger partial charge in [0.15, 0.2) is 0 Å². The molecule has 2 N–H and O–H groups in total. The molecule has 0 aliphatic carbocycles. The van der Waals surface area contributed by atoms with Crippen molar-refractivity contribution in [3.05, 3.63) is 95.4 Å². The number of amides is 2. The third-order valence-corrected chi connectivity index (χ3v) is 6.17. The summed E-state index contributed by atoms with van der Waals surface area (Å²) in [5, 5.41) is 5.55. The van der Waals surface area contributed by atoms with Crippen LogP contribution in [0, 0.1) is 13.8 Å². The van der Waals surface area contributed by atoms with Crippen LogP contribution >= 0.6 is 11.8 Å². The van der Waals surface area contributed by atoms with Crippen LogP contribution in [-0.2, 0) is 10.5 Å². The largest absolute Gasteiger partial charge is 0.441 e. The Bertz CT molecular complexity index is 1290. The number of rotatable bonds is 7. The van der Waals surface area contributed by atoms with Crippen LogP contribution in [0.15, 0.2) is 82.1 Å². The van der Waals surface area contributed by atoms with E-state index in [1.807, 2.05) is 19.1 Å². The number of nitrogens with zero attached hydrogens (tertiary/aromatic N) is 1. The molecule has 0 saturated carbocycles. The van der Waals surface area contributed by atoms with Gasteiger partial charge in [-0.2, -0.15) is 0 Å². The Morgan fingerprint density at radius 1 is 0.853 bits per heavy atom. The normalized spacial score (nSPS) is 10.7. The Kier molecular flexibility index (Phi) is 7.13. The lowest BCUT2D eigenvalue weighted by Gasteiger charge is -2.07. The van der Waals surface area contributed by atoms with E-state index in [9.17, 15) is 9.59 Å². The van der Waals surface area contributed by atoms with Gasteiger partial charge in [-0.3, -0.25) is 9.59 Å². The van der Waals surface area contributed by atoms with Crippen LogP contribution in [0.3, 0.4) is 0 Å². The van der Waals surface area contributed by atoms with Gasteiger partial charge in [0.05, 0.1) is 5.69 Å². The number of thioether (sulfide) groups is 1. The van der Waals surface area contributed by atoms with Gasteiger partial charge in [0.25, 0.3) is 5.91 Å². The van der Waals surface area contributed by atoms with Crippen LogP contribution in [0.4, 0.5) is 11.4 Å². The molecule has 4 rings (SSSR count). The highest BCUT2D eigenvalue weighted by Gasteiger charge is 2.13. The van der Waals surface area contributed by atoms with Crippen molar-refractivity contribution in [3.63, 3.8) is 0 Å². The van der Waals surface area contributed by atoms with Crippen LogP contribution < -0.4 is 10.6 Å². The lowest BCUT2D eigenvalue weighted by Crippen LogP contribution is -2.12. The van der Waals surface area contributed by atoms with Gasteiger partial charge in [-0.1, -0.05) is 17.7 Å². The van der Waals surface area contributed by atoms with Crippen LogP contribution in [0.5, 0.6) is 0 Å². The highest BCUT2D eigenvalue weighted by Crippen LogP contribution is 2.28. The molecule has 6 nitrogen and oxygen atoms in total. The fourth-order valence-corrected chi connectivity index (χ4v) is 4.18. The minimum absolute atomic E-state index is 0.143. The first-order valence-electron chi connectivity index (χ1n) is 10.8. The second kappa shape index (κ2) is 10.4. The number of aromatic nitrogens is 1. The van der Waals surface area contributed by atoms with Gasteiger partial charge in [-0.15, -0.1) is 11.8 Å². The summed E-state index contributed by atoms with van der Waals surface area (Å²) in [4.78, 5) is 29.6. The van der Waals surface area contributed by atoms with Crippen LogP contribution in [0.1, 0.15) is 34.3 Å². The molecule has 7 heteroatoms. The summed E-state index contributed by atoms with van der Waals surface area (Å²) in [5.74, 6) is 1.68. The van der Waals surface area contributed by atoms with Gasteiger partial charge in [0.1, 0.15) is 5.76 Å². The van der Waals surface area contributed by atoms with Crippen molar-refractivity contribution in [2.75, 3.05) is 10.6 Å². The Morgan fingerprint density at radius 2 is 1.47 bits per heavy atom. The Balaban J connectivity index is 1.39. The molecule has 1 heterocycles. The molecule has 0 fully saturated rings. The third-order valence-electron chi connectivity index (χ3n) is 5.15. The predicted octanol–water partition coefficient (Wildman–Crippen LogP) is 6.46. The van der Waals surface area contributed by atoms with Gasteiger partial charge in [-0.05, 0) is 74.5 Å². The van der Waals surface area contributed by atoms with Crippen molar-refractivity contribution in [1.82, 2.24) is 4.98 Å². The van der Waals surface area contributed by atoms with Crippen LogP contribution in [-0.4, -0.2) is 16.8 Å². The quantitative estimate of drug-likeness (QED) is 0.302. The van der Waals surface area contributed by atoms with E-state index in [1.54, 1.807) is 48.2 Å². The van der Waals surface area contributed by atoms with Gasteiger partial charge in [0.2, 0.25) is 11.8 Å². The molecule has 34 heavy (non-hydrogen) atoms. The maximum atomic E-state index is 12.6. The topological polar surface area (TPSA) is 84.2 Å². The maximum absolute atomic E-state index is 12.6. The number of hydrogen-bond donors (Lipinski definition) is 2. The number of carbonyl (C=O) groups excluding carboxylic acids is 2. The summed E-state index contributed by atoms with van der Waals surface area (Å²) >= 11 is 1.72. The summed E-state index contributed by atoms with van der Waals surface area (Å²) in [6.45, 7) is 5.44. The number of carbonyl (C=O) groups is 2. The number of oxazole rings is 1. The lowest BCUT2D eigenvalue weighted by atomic mass is 10.1. The second-order valence-electron chi connectivity index (χ2n) is 7.91. The van der Waals surface area contributed by atoms with Crippen LogP contribution in [0.25, 0.3) is 11.5 Å². The number of benzene rings is 3. The van der Waals surface area contributed by atoms with Crippen LogP contribution in [0.2, 0.25) is 0 Å². The van der Waals surface area contributed by atoms with E-state index in [-0.39, 0.29) is 11.8 Å². The zero-order valence-corrected chi connectivity index (χ0v) is 20.0. The molecule has 0 spiro atoms. The molecule has 0 aliphatic rings. The fraction of sp³-hybridized carbons (Fsp3) is 0.148. The lowest BCUT2D eigenvalue weighted by molar-refractivity contribution is -0.114. The number of hydrogen-bond acceptors (Lipinski definition) is 5. The molecule has 0 aliphatic heterocycles. The molecule has 3 aromatic carbocycles. The van der Waals surface area contributed by atoms with Gasteiger partial charge < -0.3 is 15.1 Å². The van der Waals surface area contributed by atoms with E-state index < -0.39 is 0 Å². The summed E-state index contributed by atoms with van der Waals surface area (Å²) in [6.07, 6.45) is 0.